The molecule has 172 valence electrons. The Morgan fingerprint density at radius 1 is 0.906 bits per heavy atom. The van der Waals surface area contributed by atoms with Crippen LogP contribution in [0.5, 0.6) is 0 Å². The van der Waals surface area contributed by atoms with Gasteiger partial charge < -0.3 is 5.32 Å². The van der Waals surface area contributed by atoms with E-state index >= 15 is 0 Å². The fourth-order valence-electron chi connectivity index (χ4n) is 3.92. The Hall–Kier alpha value is -2.84. The summed E-state index contributed by atoms with van der Waals surface area (Å²) in [7, 11) is 0. The van der Waals surface area contributed by atoms with Crippen LogP contribution in [0.2, 0.25) is 0 Å². The minimum atomic E-state index is -5.00. The molecule has 1 fully saturated rings. The van der Waals surface area contributed by atoms with Gasteiger partial charge in [0.2, 0.25) is 5.91 Å². The highest BCUT2D eigenvalue weighted by atomic mass is 19.4. The van der Waals surface area contributed by atoms with Crippen LogP contribution in [0.15, 0.2) is 48.5 Å². The van der Waals surface area contributed by atoms with Crippen LogP contribution in [0, 0.1) is 0 Å². The molecule has 0 heterocycles. The van der Waals surface area contributed by atoms with E-state index in [0.29, 0.717) is 25.0 Å². The number of carbonyl (C=O) groups excluding carboxylic acids is 2. The number of rotatable bonds is 4. The van der Waals surface area contributed by atoms with Crippen LogP contribution in [-0.2, 0) is 27.5 Å². The Labute approximate surface area is 180 Å². The summed E-state index contributed by atoms with van der Waals surface area (Å²) in [5.41, 5.74) is -3.52. The average molecular weight is 457 g/mol. The predicted molar refractivity (Wildman–Crippen MR) is 105 cm³/mol. The smallest absolute Gasteiger partial charge is 0.346 e. The molecule has 1 saturated carbocycles. The molecule has 0 radical (unpaired) electrons. The summed E-state index contributed by atoms with van der Waals surface area (Å²) in [4.78, 5) is 24.8. The third kappa shape index (κ3) is 5.14. The van der Waals surface area contributed by atoms with Crippen LogP contribution in [0.1, 0.15) is 60.8 Å². The quantitative estimate of drug-likeness (QED) is 0.574. The third-order valence-electron chi connectivity index (χ3n) is 5.85. The Bertz CT molecular complexity index is 956. The number of halogens is 6. The van der Waals surface area contributed by atoms with E-state index in [1.807, 2.05) is 0 Å². The summed E-state index contributed by atoms with van der Waals surface area (Å²) in [5, 5.41) is 2.83. The van der Waals surface area contributed by atoms with Crippen LogP contribution in [0.3, 0.4) is 0 Å². The van der Waals surface area contributed by atoms with Gasteiger partial charge in [-0.25, -0.2) is 0 Å². The van der Waals surface area contributed by atoms with E-state index in [2.05, 4.69) is 5.32 Å². The van der Waals surface area contributed by atoms with E-state index in [4.69, 9.17) is 0 Å². The Kier molecular flexibility index (Phi) is 6.40. The van der Waals surface area contributed by atoms with Crippen LogP contribution < -0.4 is 5.32 Å². The normalized spacial score (nSPS) is 17.7. The number of benzene rings is 2. The SMILES string of the molecule is C[C@@H](C(=O)NC1(c2ccccc2)CCC(=O)CC1)c1cc(C(F)(F)F)cc(C(F)(F)F)c1. The Morgan fingerprint density at radius 2 is 1.41 bits per heavy atom. The van der Waals surface area contributed by atoms with Crippen molar-refractivity contribution in [1.82, 2.24) is 5.32 Å². The molecule has 0 unspecified atom stereocenters. The molecule has 1 aliphatic carbocycles. The second kappa shape index (κ2) is 8.60. The summed E-state index contributed by atoms with van der Waals surface area (Å²) in [6, 6.07) is 10.00. The van der Waals surface area contributed by atoms with Crippen molar-refractivity contribution in [2.75, 3.05) is 0 Å². The predicted octanol–water partition coefficient (Wildman–Crippen LogP) is 5.98. The molecule has 0 aromatic heterocycles. The van der Waals surface area contributed by atoms with Crippen molar-refractivity contribution in [1.29, 1.82) is 0 Å². The first-order valence-corrected chi connectivity index (χ1v) is 10.0. The van der Waals surface area contributed by atoms with Crippen LogP contribution in [0.25, 0.3) is 0 Å². The first-order valence-electron chi connectivity index (χ1n) is 10.0. The maximum Gasteiger partial charge on any atom is 0.416 e. The highest BCUT2D eigenvalue weighted by molar-refractivity contribution is 5.85. The van der Waals surface area contributed by atoms with Crippen molar-refractivity contribution < 1.29 is 35.9 Å². The summed E-state index contributed by atoms with van der Waals surface area (Å²) in [6.45, 7) is 1.26. The molecule has 3 rings (SSSR count). The molecule has 2 aromatic carbocycles. The zero-order valence-electron chi connectivity index (χ0n) is 17.1. The largest absolute Gasteiger partial charge is 0.416 e. The van der Waals surface area contributed by atoms with Gasteiger partial charge in [0.1, 0.15) is 5.78 Å². The number of carbonyl (C=O) groups is 2. The molecule has 1 amide bonds. The monoisotopic (exact) mass is 457 g/mol. The highest BCUT2D eigenvalue weighted by Crippen LogP contribution is 2.39. The van der Waals surface area contributed by atoms with Crippen LogP contribution in [-0.4, -0.2) is 11.7 Å². The van der Waals surface area contributed by atoms with Crippen LogP contribution >= 0.6 is 0 Å². The average Bonchev–Trinajstić information content (AvgIpc) is 2.74. The van der Waals surface area contributed by atoms with E-state index in [9.17, 15) is 35.9 Å². The third-order valence-corrected chi connectivity index (χ3v) is 5.85. The molecule has 32 heavy (non-hydrogen) atoms. The van der Waals surface area contributed by atoms with Gasteiger partial charge in [-0.3, -0.25) is 9.59 Å². The molecule has 2 aromatic rings. The van der Waals surface area contributed by atoms with Crippen molar-refractivity contribution in [2.45, 2.75) is 56.4 Å². The van der Waals surface area contributed by atoms with Crippen molar-refractivity contribution in [2.24, 2.45) is 0 Å². The van der Waals surface area contributed by atoms with Crippen molar-refractivity contribution in [3.63, 3.8) is 0 Å². The van der Waals surface area contributed by atoms with E-state index in [1.165, 1.54) is 6.92 Å². The minimum Gasteiger partial charge on any atom is -0.346 e. The molecular formula is C23H21F6NO2. The molecule has 0 spiro atoms. The van der Waals surface area contributed by atoms with Gasteiger partial charge in [0, 0.05) is 12.8 Å². The fraction of sp³-hybridized carbons (Fsp3) is 0.391. The van der Waals surface area contributed by atoms with Crippen LogP contribution in [0.4, 0.5) is 26.3 Å². The second-order valence-electron chi connectivity index (χ2n) is 8.04. The Morgan fingerprint density at radius 3 is 1.88 bits per heavy atom. The molecule has 9 heteroatoms. The Balaban J connectivity index is 1.96. The number of alkyl halides is 6. The molecule has 3 nitrogen and oxygen atoms in total. The molecule has 0 saturated heterocycles. The minimum absolute atomic E-state index is 0.0338. The second-order valence-corrected chi connectivity index (χ2v) is 8.04. The van der Waals surface area contributed by atoms with E-state index in [1.54, 1.807) is 30.3 Å². The summed E-state index contributed by atoms with van der Waals surface area (Å²) >= 11 is 0. The van der Waals surface area contributed by atoms with Gasteiger partial charge in [-0.2, -0.15) is 26.3 Å². The molecule has 0 bridgehead atoms. The lowest BCUT2D eigenvalue weighted by atomic mass is 9.75. The number of hydrogen-bond donors (Lipinski definition) is 1. The van der Waals surface area contributed by atoms with Gasteiger partial charge in [0.05, 0.1) is 22.6 Å². The molecule has 1 aliphatic rings. The summed E-state index contributed by atoms with van der Waals surface area (Å²) in [6.07, 6.45) is -8.98. The van der Waals surface area contributed by atoms with Gasteiger partial charge in [-0.1, -0.05) is 30.3 Å². The summed E-state index contributed by atoms with van der Waals surface area (Å²) in [5.74, 6) is -1.96. The topological polar surface area (TPSA) is 46.2 Å². The van der Waals surface area contributed by atoms with Gasteiger partial charge in [-0.15, -0.1) is 0 Å². The zero-order chi connectivity index (χ0) is 23.7. The zero-order valence-corrected chi connectivity index (χ0v) is 17.1. The number of hydrogen-bond acceptors (Lipinski definition) is 2. The van der Waals surface area contributed by atoms with Crippen molar-refractivity contribution in [3.8, 4) is 0 Å². The van der Waals surface area contributed by atoms with Crippen molar-refractivity contribution in [3.05, 3.63) is 70.8 Å². The first kappa shape index (κ1) is 23.8. The summed E-state index contributed by atoms with van der Waals surface area (Å²) < 4.78 is 79.2. The number of nitrogens with one attached hydrogen (secondary N) is 1. The molecule has 1 N–H and O–H groups in total. The first-order chi connectivity index (χ1) is 14.8. The van der Waals surface area contributed by atoms with Gasteiger partial charge >= 0.3 is 12.4 Å². The van der Waals surface area contributed by atoms with Crippen molar-refractivity contribution >= 4 is 11.7 Å². The lowest BCUT2D eigenvalue weighted by Gasteiger charge is -2.39. The van der Waals surface area contributed by atoms with E-state index in [-0.39, 0.29) is 30.3 Å². The lowest BCUT2D eigenvalue weighted by molar-refractivity contribution is -0.143. The van der Waals surface area contributed by atoms with Gasteiger partial charge in [0.25, 0.3) is 0 Å². The van der Waals surface area contributed by atoms with Gasteiger partial charge in [0.15, 0.2) is 0 Å². The lowest BCUT2D eigenvalue weighted by Crippen LogP contribution is -2.49. The maximum absolute atomic E-state index is 13.2. The highest BCUT2D eigenvalue weighted by Gasteiger charge is 2.40. The number of ketones is 1. The van der Waals surface area contributed by atoms with E-state index in [0.717, 1.165) is 5.56 Å². The number of amides is 1. The standard InChI is InChI=1S/C23H21F6NO2/c1-14(15-11-17(22(24,25)26)13-18(12-15)23(27,28)29)20(32)30-21(9-7-19(31)8-10-21)16-5-3-2-4-6-16/h2-6,11-14H,7-10H2,1H3,(H,30,32)/t14-/m1/s1. The maximum atomic E-state index is 13.2. The fourth-order valence-corrected chi connectivity index (χ4v) is 3.92. The number of Topliss-reactive ketones (excluding diaryl/α,β-unsaturated/α-hetero) is 1. The van der Waals surface area contributed by atoms with Gasteiger partial charge in [-0.05, 0) is 49.1 Å². The molecular weight excluding hydrogens is 436 g/mol. The van der Waals surface area contributed by atoms with E-state index < -0.39 is 40.8 Å². The molecule has 1 atom stereocenters. The molecule has 0 aliphatic heterocycles.